The lowest BCUT2D eigenvalue weighted by Gasteiger charge is -2.50. The number of halogens is 3. The van der Waals surface area contributed by atoms with Crippen LogP contribution in [-0.4, -0.2) is 50.8 Å². The van der Waals surface area contributed by atoms with Gasteiger partial charge in [-0.15, -0.1) is 0 Å². The van der Waals surface area contributed by atoms with Crippen LogP contribution >= 0.6 is 0 Å². The van der Waals surface area contributed by atoms with Crippen molar-refractivity contribution in [2.75, 3.05) is 18.4 Å². The summed E-state index contributed by atoms with van der Waals surface area (Å²) in [6.45, 7) is 5.81. The van der Waals surface area contributed by atoms with Crippen molar-refractivity contribution >= 4 is 17.4 Å². The van der Waals surface area contributed by atoms with Gasteiger partial charge in [-0.05, 0) is 57.4 Å². The van der Waals surface area contributed by atoms with Crippen molar-refractivity contribution in [1.82, 2.24) is 15.1 Å². The van der Waals surface area contributed by atoms with E-state index in [0.717, 1.165) is 38.1 Å². The zero-order valence-electron chi connectivity index (χ0n) is 19.8. The number of nitrogens with zero attached hydrogens (tertiary/aromatic N) is 3. The summed E-state index contributed by atoms with van der Waals surface area (Å²) < 4.78 is 37.1. The van der Waals surface area contributed by atoms with Crippen molar-refractivity contribution in [3.8, 4) is 6.07 Å². The number of nitrogens with two attached hydrogens (primary N) is 1. The number of carbonyl (C=O) groups excluding carboxylic acids is 1. The van der Waals surface area contributed by atoms with Gasteiger partial charge in [0.25, 0.3) is 5.91 Å². The van der Waals surface area contributed by atoms with Crippen molar-refractivity contribution in [1.29, 1.82) is 5.26 Å². The van der Waals surface area contributed by atoms with E-state index in [1.54, 1.807) is 0 Å². The number of hydrogen-bond acceptors (Lipinski definition) is 6. The topological polar surface area (TPSA) is 131 Å². The van der Waals surface area contributed by atoms with E-state index in [4.69, 9.17) is 11.0 Å². The molecule has 1 aliphatic heterocycles. The molecule has 1 amide bonds. The van der Waals surface area contributed by atoms with Gasteiger partial charge in [-0.25, -0.2) is 0 Å². The van der Waals surface area contributed by atoms with Crippen LogP contribution in [0.3, 0.4) is 0 Å². The summed E-state index contributed by atoms with van der Waals surface area (Å²) in [5.41, 5.74) is 4.31. The molecule has 190 valence electrons. The summed E-state index contributed by atoms with van der Waals surface area (Å²) in [4.78, 5) is 13.5. The number of alkyl halides is 3. The number of likely N-dealkylation sites (tertiary alicyclic amines) is 1. The second-order valence-corrected chi connectivity index (χ2v) is 9.67. The number of amides is 1. The summed E-state index contributed by atoms with van der Waals surface area (Å²) in [5, 5.41) is 27.7. The fourth-order valence-corrected chi connectivity index (χ4v) is 4.33. The van der Waals surface area contributed by atoms with Gasteiger partial charge in [0.15, 0.2) is 0 Å². The largest absolute Gasteiger partial charge is 0.416 e. The molecule has 1 aromatic carbocycles. The van der Waals surface area contributed by atoms with Crippen molar-refractivity contribution in [3.05, 3.63) is 41.6 Å². The second-order valence-electron chi connectivity index (χ2n) is 9.67. The quantitative estimate of drug-likeness (QED) is 0.498. The Morgan fingerprint density at radius 2 is 1.91 bits per heavy atom. The van der Waals surface area contributed by atoms with Crippen molar-refractivity contribution < 1.29 is 23.1 Å². The molecule has 0 radical (unpaired) electrons. The summed E-state index contributed by atoms with van der Waals surface area (Å²) in [6, 6.07) is 7.35. The van der Waals surface area contributed by atoms with Gasteiger partial charge >= 0.3 is 6.18 Å². The minimum absolute atomic E-state index is 0.125. The van der Waals surface area contributed by atoms with Gasteiger partial charge in [0.2, 0.25) is 0 Å². The smallest absolute Gasteiger partial charge is 0.390 e. The Morgan fingerprint density at radius 1 is 1.26 bits per heavy atom. The first kappa shape index (κ1) is 26.5. The number of aliphatic hydroxyl groups is 1. The minimum Gasteiger partial charge on any atom is -0.390 e. The first-order valence-electron chi connectivity index (χ1n) is 11.5. The van der Waals surface area contributed by atoms with Crippen LogP contribution in [0.2, 0.25) is 0 Å². The molecule has 2 atom stereocenters. The SMILES string of the molecule is CC(C)(O)C1CN(C2CCCC(C#N)C2)C1.NC(=O)c1cn[nH]c1Nc1ccc(C(F)(F)F)cc1. The van der Waals surface area contributed by atoms with E-state index in [1.807, 2.05) is 13.8 Å². The summed E-state index contributed by atoms with van der Waals surface area (Å²) in [6.07, 6.45) is 1.38. The maximum absolute atomic E-state index is 12.4. The van der Waals surface area contributed by atoms with E-state index < -0.39 is 23.2 Å². The standard InChI is InChI=1S/C13H22N2O.C11H9F3N4O/c1-13(2,16)11-8-15(9-11)12-5-3-4-10(6-12)7-14;12-11(13,14)6-1-3-7(4-2-6)17-10-8(9(15)19)5-16-18-10/h10-12,16H,3-6,8-9H2,1-2H3;1-5H,(H2,15,19)(H2,16,17,18). The predicted octanol–water partition coefficient (Wildman–Crippen LogP) is 4.04. The Balaban J connectivity index is 0.000000198. The van der Waals surface area contributed by atoms with Gasteiger partial charge in [0.05, 0.1) is 23.4 Å². The number of carbonyl (C=O) groups is 1. The Morgan fingerprint density at radius 3 is 2.46 bits per heavy atom. The van der Waals surface area contributed by atoms with Crippen molar-refractivity contribution in [2.45, 2.75) is 57.3 Å². The summed E-state index contributed by atoms with van der Waals surface area (Å²) in [5.74, 6) is 0.213. The maximum Gasteiger partial charge on any atom is 0.416 e. The highest BCUT2D eigenvalue weighted by atomic mass is 19.4. The number of nitriles is 1. The van der Waals surface area contributed by atoms with Crippen molar-refractivity contribution in [2.24, 2.45) is 17.6 Å². The molecule has 35 heavy (non-hydrogen) atoms. The molecule has 1 saturated heterocycles. The molecule has 8 nitrogen and oxygen atoms in total. The van der Waals surface area contributed by atoms with Crippen LogP contribution in [0.4, 0.5) is 24.7 Å². The molecule has 4 rings (SSSR count). The summed E-state index contributed by atoms with van der Waals surface area (Å²) in [7, 11) is 0. The number of H-pyrrole nitrogens is 1. The van der Waals surface area contributed by atoms with Gasteiger partial charge in [-0.3, -0.25) is 14.8 Å². The number of benzene rings is 1. The molecule has 2 aromatic rings. The number of aromatic nitrogens is 2. The predicted molar refractivity (Wildman–Crippen MR) is 125 cm³/mol. The van der Waals surface area contributed by atoms with Gasteiger partial charge in [-0.1, -0.05) is 6.42 Å². The lowest BCUT2D eigenvalue weighted by molar-refractivity contribution is -0.137. The molecular weight excluding hydrogens is 461 g/mol. The Kier molecular flexibility index (Phi) is 8.07. The number of anilines is 2. The Labute approximate surface area is 202 Å². The van der Waals surface area contributed by atoms with Crippen molar-refractivity contribution in [3.63, 3.8) is 0 Å². The molecule has 2 unspecified atom stereocenters. The van der Waals surface area contributed by atoms with E-state index in [0.29, 0.717) is 17.6 Å². The number of nitrogens with one attached hydrogen (secondary N) is 2. The Hall–Kier alpha value is -3.10. The fraction of sp³-hybridized carbons (Fsp3) is 0.542. The average molecular weight is 493 g/mol. The van der Waals surface area contributed by atoms with Crippen LogP contribution in [0.15, 0.2) is 30.5 Å². The second kappa shape index (κ2) is 10.7. The lowest BCUT2D eigenvalue weighted by atomic mass is 9.79. The number of rotatable bonds is 5. The van der Waals surface area contributed by atoms with E-state index in [1.165, 1.54) is 31.2 Å². The normalized spacial score (nSPS) is 21.3. The first-order chi connectivity index (χ1) is 16.4. The van der Waals surface area contributed by atoms with E-state index >= 15 is 0 Å². The molecule has 0 spiro atoms. The zero-order valence-corrected chi connectivity index (χ0v) is 19.8. The van der Waals surface area contributed by atoms with E-state index in [-0.39, 0.29) is 17.3 Å². The molecule has 1 aliphatic carbocycles. The molecule has 11 heteroatoms. The summed E-state index contributed by atoms with van der Waals surface area (Å²) >= 11 is 0. The van der Waals surface area contributed by atoms with Gasteiger partial charge in [0.1, 0.15) is 11.4 Å². The number of aromatic amines is 1. The molecule has 1 aromatic heterocycles. The molecule has 2 heterocycles. The number of primary amides is 1. The molecular formula is C24H31F3N6O2. The van der Waals surface area contributed by atoms with Crippen LogP contribution < -0.4 is 11.1 Å². The highest BCUT2D eigenvalue weighted by Crippen LogP contribution is 2.35. The van der Waals surface area contributed by atoms with E-state index in [2.05, 4.69) is 26.5 Å². The van der Waals surface area contributed by atoms with Gasteiger partial charge < -0.3 is 16.2 Å². The lowest BCUT2D eigenvalue weighted by Crippen LogP contribution is -2.59. The first-order valence-corrected chi connectivity index (χ1v) is 11.5. The van der Waals surface area contributed by atoms with Crippen LogP contribution in [0, 0.1) is 23.2 Å². The molecule has 1 saturated carbocycles. The van der Waals surface area contributed by atoms with Gasteiger partial charge in [0, 0.05) is 36.7 Å². The zero-order chi connectivity index (χ0) is 25.8. The molecule has 5 N–H and O–H groups in total. The number of hydrogen-bond donors (Lipinski definition) is 4. The molecule has 0 bridgehead atoms. The minimum atomic E-state index is -4.38. The van der Waals surface area contributed by atoms with Crippen LogP contribution in [0.5, 0.6) is 0 Å². The molecule has 2 fully saturated rings. The molecule has 2 aliphatic rings. The average Bonchev–Trinajstić information content (AvgIpc) is 3.20. The third kappa shape index (κ3) is 6.96. The highest BCUT2D eigenvalue weighted by Gasteiger charge is 2.41. The highest BCUT2D eigenvalue weighted by molar-refractivity contribution is 5.97. The fourth-order valence-electron chi connectivity index (χ4n) is 4.33. The maximum atomic E-state index is 12.4. The third-order valence-electron chi connectivity index (χ3n) is 6.64. The van der Waals surface area contributed by atoms with Gasteiger partial charge in [-0.2, -0.15) is 23.5 Å². The Bertz CT molecular complexity index is 1030. The monoisotopic (exact) mass is 492 g/mol. The third-order valence-corrected chi connectivity index (χ3v) is 6.64. The van der Waals surface area contributed by atoms with E-state index in [9.17, 15) is 23.1 Å². The van der Waals surface area contributed by atoms with Crippen LogP contribution in [0.25, 0.3) is 0 Å². The van der Waals surface area contributed by atoms with Crippen LogP contribution in [0.1, 0.15) is 55.5 Å². The van der Waals surface area contributed by atoms with Crippen LogP contribution in [-0.2, 0) is 6.18 Å².